The minimum absolute atomic E-state index is 0.0164. The van der Waals surface area contributed by atoms with Crippen molar-refractivity contribution in [2.45, 2.75) is 26.7 Å². The molecule has 1 rings (SSSR count). The molecule has 1 amide bonds. The third-order valence-electron chi connectivity index (χ3n) is 3.75. The van der Waals surface area contributed by atoms with Crippen molar-refractivity contribution in [3.8, 4) is 0 Å². The highest BCUT2D eigenvalue weighted by molar-refractivity contribution is 9.11. The van der Waals surface area contributed by atoms with E-state index in [1.807, 2.05) is 13.8 Å². The number of carbonyl (C=O) groups excluding carboxylic acids is 1. The predicted molar refractivity (Wildman–Crippen MR) is 89.5 cm³/mol. The van der Waals surface area contributed by atoms with E-state index in [0.29, 0.717) is 21.8 Å². The van der Waals surface area contributed by atoms with Gasteiger partial charge in [-0.25, -0.2) is 4.79 Å². The first kappa shape index (κ1) is 18.1. The maximum Gasteiger partial charge on any atom is 0.337 e. The molecule has 1 aromatic rings. The molecular formula is C14H18Br2N2O3. The highest BCUT2D eigenvalue weighted by Gasteiger charge is 2.34. The number of nitrogens with two attached hydrogens (primary N) is 1. The van der Waals surface area contributed by atoms with E-state index in [4.69, 9.17) is 5.73 Å². The lowest BCUT2D eigenvalue weighted by Crippen LogP contribution is -2.41. The minimum Gasteiger partial charge on any atom is -0.478 e. The molecule has 0 spiro atoms. The molecule has 4 N–H and O–H groups in total. The lowest BCUT2D eigenvalue weighted by Gasteiger charge is -2.29. The van der Waals surface area contributed by atoms with Crippen LogP contribution in [0.3, 0.4) is 0 Å². The van der Waals surface area contributed by atoms with Gasteiger partial charge in [0.1, 0.15) is 0 Å². The highest BCUT2D eigenvalue weighted by Crippen LogP contribution is 2.33. The van der Waals surface area contributed by atoms with Gasteiger partial charge in [0.2, 0.25) is 5.91 Å². The van der Waals surface area contributed by atoms with Gasteiger partial charge in [-0.1, -0.05) is 29.8 Å². The lowest BCUT2D eigenvalue weighted by molar-refractivity contribution is -0.125. The first-order chi connectivity index (χ1) is 9.81. The molecule has 0 aromatic heterocycles. The van der Waals surface area contributed by atoms with E-state index in [-0.39, 0.29) is 23.7 Å². The average molecular weight is 422 g/mol. The molecule has 0 saturated heterocycles. The van der Waals surface area contributed by atoms with E-state index < -0.39 is 11.4 Å². The summed E-state index contributed by atoms with van der Waals surface area (Å²) in [6.45, 7) is 4.00. The molecule has 1 aromatic carbocycles. The van der Waals surface area contributed by atoms with E-state index in [2.05, 4.69) is 37.2 Å². The molecule has 0 aliphatic rings. The van der Waals surface area contributed by atoms with E-state index in [1.54, 1.807) is 6.07 Å². The fourth-order valence-electron chi connectivity index (χ4n) is 2.07. The molecule has 0 aliphatic heterocycles. The fraction of sp³-hybridized carbons (Fsp3) is 0.429. The zero-order valence-corrected chi connectivity index (χ0v) is 15.0. The van der Waals surface area contributed by atoms with Gasteiger partial charge in [-0.2, -0.15) is 0 Å². The number of anilines is 1. The summed E-state index contributed by atoms with van der Waals surface area (Å²) in [6.07, 6.45) is 1.17. The van der Waals surface area contributed by atoms with Crippen molar-refractivity contribution in [2.75, 3.05) is 11.9 Å². The minimum atomic E-state index is -1.11. The van der Waals surface area contributed by atoms with Crippen molar-refractivity contribution in [1.82, 2.24) is 0 Å². The maximum absolute atomic E-state index is 12.5. The number of nitrogens with one attached hydrogen (secondary N) is 1. The zero-order valence-electron chi connectivity index (χ0n) is 11.9. The Labute approximate surface area is 140 Å². The Bertz CT molecular complexity index is 549. The topological polar surface area (TPSA) is 92.4 Å². The normalized spacial score (nSPS) is 11.3. The van der Waals surface area contributed by atoms with Crippen LogP contribution in [0.5, 0.6) is 0 Å². The quantitative estimate of drug-likeness (QED) is 0.653. The van der Waals surface area contributed by atoms with Crippen LogP contribution < -0.4 is 11.1 Å². The number of halogens is 2. The van der Waals surface area contributed by atoms with Gasteiger partial charge in [0, 0.05) is 15.5 Å². The van der Waals surface area contributed by atoms with Crippen LogP contribution in [-0.4, -0.2) is 23.5 Å². The maximum atomic E-state index is 12.5. The van der Waals surface area contributed by atoms with Crippen LogP contribution in [-0.2, 0) is 4.79 Å². The summed E-state index contributed by atoms with van der Waals surface area (Å²) in [6, 6.07) is 3.13. The standard InChI is InChI=1S/C14H18Br2N2O3/c1-3-14(4-2,7-17)13(21)18-11-9(12(19)20)5-8(15)6-10(11)16/h5-6H,3-4,7,17H2,1-2H3,(H,18,21)(H,19,20). The summed E-state index contributed by atoms with van der Waals surface area (Å²) >= 11 is 6.52. The van der Waals surface area contributed by atoms with Crippen molar-refractivity contribution in [3.05, 3.63) is 26.6 Å². The van der Waals surface area contributed by atoms with Crippen molar-refractivity contribution >= 4 is 49.4 Å². The summed E-state index contributed by atoms with van der Waals surface area (Å²) in [5.41, 5.74) is 5.32. The Balaban J connectivity index is 3.24. The van der Waals surface area contributed by atoms with Gasteiger partial charge in [-0.3, -0.25) is 4.79 Å². The second kappa shape index (κ2) is 7.38. The van der Waals surface area contributed by atoms with Crippen LogP contribution in [0.4, 0.5) is 5.69 Å². The third kappa shape index (κ3) is 3.84. The Kier molecular flexibility index (Phi) is 6.37. The Hall–Kier alpha value is -0.920. The zero-order chi connectivity index (χ0) is 16.2. The second-order valence-electron chi connectivity index (χ2n) is 4.76. The lowest BCUT2D eigenvalue weighted by atomic mass is 9.81. The molecule has 0 unspecified atom stereocenters. The van der Waals surface area contributed by atoms with Crippen molar-refractivity contribution < 1.29 is 14.7 Å². The van der Waals surface area contributed by atoms with Gasteiger partial charge in [0.15, 0.2) is 0 Å². The van der Waals surface area contributed by atoms with Gasteiger partial charge in [0.05, 0.1) is 16.7 Å². The summed E-state index contributed by atoms with van der Waals surface area (Å²) < 4.78 is 1.11. The molecule has 0 fully saturated rings. The molecule has 0 heterocycles. The summed E-state index contributed by atoms with van der Waals surface area (Å²) in [5, 5.41) is 12.0. The number of hydrogen-bond donors (Lipinski definition) is 3. The molecule has 0 atom stereocenters. The summed E-state index contributed by atoms with van der Waals surface area (Å²) in [5.74, 6) is -1.38. The molecule has 0 saturated carbocycles. The molecule has 5 nitrogen and oxygen atoms in total. The van der Waals surface area contributed by atoms with Crippen LogP contribution in [0, 0.1) is 5.41 Å². The number of rotatable bonds is 6. The number of carboxylic acids is 1. The summed E-state index contributed by atoms with van der Waals surface area (Å²) in [7, 11) is 0. The Morgan fingerprint density at radius 3 is 2.29 bits per heavy atom. The number of amides is 1. The fourth-order valence-corrected chi connectivity index (χ4v) is 3.39. The van der Waals surface area contributed by atoms with E-state index in [1.165, 1.54) is 6.07 Å². The molecule has 0 aliphatic carbocycles. The van der Waals surface area contributed by atoms with Crippen LogP contribution in [0.1, 0.15) is 37.0 Å². The number of aromatic carboxylic acids is 1. The molecule has 7 heteroatoms. The van der Waals surface area contributed by atoms with Crippen LogP contribution >= 0.6 is 31.9 Å². The average Bonchev–Trinajstić information content (AvgIpc) is 2.43. The third-order valence-corrected chi connectivity index (χ3v) is 4.83. The number of carboxylic acid groups (broad SMARTS) is 1. The second-order valence-corrected chi connectivity index (χ2v) is 6.53. The smallest absolute Gasteiger partial charge is 0.337 e. The largest absolute Gasteiger partial charge is 0.478 e. The first-order valence-electron chi connectivity index (χ1n) is 6.55. The van der Waals surface area contributed by atoms with Crippen molar-refractivity contribution in [2.24, 2.45) is 11.1 Å². The van der Waals surface area contributed by atoms with Gasteiger partial charge in [-0.05, 0) is 40.9 Å². The molecule has 0 bridgehead atoms. The van der Waals surface area contributed by atoms with Crippen molar-refractivity contribution in [3.63, 3.8) is 0 Å². The van der Waals surface area contributed by atoms with Gasteiger partial charge >= 0.3 is 5.97 Å². The monoisotopic (exact) mass is 420 g/mol. The van der Waals surface area contributed by atoms with Gasteiger partial charge < -0.3 is 16.2 Å². The van der Waals surface area contributed by atoms with Crippen LogP contribution in [0.15, 0.2) is 21.1 Å². The van der Waals surface area contributed by atoms with E-state index in [0.717, 1.165) is 0 Å². The highest BCUT2D eigenvalue weighted by atomic mass is 79.9. The SMILES string of the molecule is CCC(CC)(CN)C(=O)Nc1c(Br)cc(Br)cc1C(=O)O. The Morgan fingerprint density at radius 1 is 1.29 bits per heavy atom. The van der Waals surface area contributed by atoms with Crippen LogP contribution in [0.2, 0.25) is 0 Å². The van der Waals surface area contributed by atoms with Crippen LogP contribution in [0.25, 0.3) is 0 Å². The van der Waals surface area contributed by atoms with Crippen molar-refractivity contribution in [1.29, 1.82) is 0 Å². The predicted octanol–water partition coefficient (Wildman–Crippen LogP) is 3.61. The van der Waals surface area contributed by atoms with Gasteiger partial charge in [-0.15, -0.1) is 0 Å². The Morgan fingerprint density at radius 2 is 1.86 bits per heavy atom. The van der Waals surface area contributed by atoms with E-state index in [9.17, 15) is 14.7 Å². The summed E-state index contributed by atoms with van der Waals surface area (Å²) in [4.78, 5) is 23.9. The number of carbonyl (C=O) groups is 2. The number of benzene rings is 1. The first-order valence-corrected chi connectivity index (χ1v) is 8.13. The van der Waals surface area contributed by atoms with E-state index >= 15 is 0 Å². The molecule has 0 radical (unpaired) electrons. The number of hydrogen-bond acceptors (Lipinski definition) is 3. The van der Waals surface area contributed by atoms with Gasteiger partial charge in [0.25, 0.3) is 0 Å². The molecule has 21 heavy (non-hydrogen) atoms. The molecular weight excluding hydrogens is 404 g/mol. The molecule has 116 valence electrons.